The highest BCUT2D eigenvalue weighted by Crippen LogP contribution is 2.38. The average molecular weight is 376 g/mol. The van der Waals surface area contributed by atoms with Crippen LogP contribution in [0.3, 0.4) is 0 Å². The second-order valence-corrected chi connectivity index (χ2v) is 7.01. The molecule has 0 aliphatic heterocycles. The minimum absolute atomic E-state index is 0.0781. The van der Waals surface area contributed by atoms with Gasteiger partial charge in [0, 0.05) is 17.8 Å². The molecule has 8 heteroatoms. The van der Waals surface area contributed by atoms with E-state index in [1.807, 2.05) is 18.3 Å². The Labute approximate surface area is 160 Å². The van der Waals surface area contributed by atoms with E-state index in [0.717, 1.165) is 53.0 Å². The number of nitrogens with one attached hydrogen (secondary N) is 2. The molecule has 0 aromatic carbocycles. The van der Waals surface area contributed by atoms with Gasteiger partial charge in [0.1, 0.15) is 23.3 Å². The number of rotatable bonds is 4. The lowest BCUT2D eigenvalue weighted by atomic mass is 9.86. The van der Waals surface area contributed by atoms with E-state index in [0.29, 0.717) is 5.75 Å². The SMILES string of the molecule is C=C(O)[C@H]1CCc2c([nH]c3ncnc(Nc4ccn5nccc5c4OC)c23)C1. The molecule has 0 amide bonds. The lowest BCUT2D eigenvalue weighted by Crippen LogP contribution is -2.15. The van der Waals surface area contributed by atoms with Gasteiger partial charge in [-0.3, -0.25) is 0 Å². The van der Waals surface area contributed by atoms with Crippen LogP contribution in [-0.2, 0) is 12.8 Å². The van der Waals surface area contributed by atoms with Crippen LogP contribution in [0.5, 0.6) is 5.75 Å². The van der Waals surface area contributed by atoms with Gasteiger partial charge in [-0.1, -0.05) is 6.58 Å². The Kier molecular flexibility index (Phi) is 3.71. The number of H-pyrrole nitrogens is 1. The normalized spacial score (nSPS) is 16.2. The molecule has 1 atom stereocenters. The standard InChI is InChI=1S/C20H20N6O2/c1-11(27)12-3-4-13-15(9-12)25-20-17(13)19(21-10-22-20)24-14-6-8-26-16(5-7-23-26)18(14)28-2/h5-8,10,12,27H,1,3-4,9H2,2H3,(H2,21,22,24,25)/t12-/m0/s1. The number of ether oxygens (including phenoxy) is 1. The van der Waals surface area contributed by atoms with Gasteiger partial charge in [0.2, 0.25) is 0 Å². The zero-order valence-electron chi connectivity index (χ0n) is 15.4. The molecule has 1 aliphatic rings. The number of allylic oxidation sites excluding steroid dienone is 1. The van der Waals surface area contributed by atoms with Crippen LogP contribution in [-0.4, -0.2) is 36.8 Å². The molecule has 0 fully saturated rings. The Bertz CT molecular complexity index is 1210. The van der Waals surface area contributed by atoms with Gasteiger partial charge < -0.3 is 20.1 Å². The molecule has 5 rings (SSSR count). The second kappa shape index (κ2) is 6.26. The van der Waals surface area contributed by atoms with Gasteiger partial charge in [0.15, 0.2) is 5.75 Å². The molecule has 0 saturated carbocycles. The van der Waals surface area contributed by atoms with Crippen molar-refractivity contribution in [1.82, 2.24) is 24.6 Å². The number of hydrogen-bond donors (Lipinski definition) is 3. The average Bonchev–Trinajstić information content (AvgIpc) is 3.31. The Morgan fingerprint density at radius 3 is 3.11 bits per heavy atom. The zero-order valence-corrected chi connectivity index (χ0v) is 15.4. The first-order valence-electron chi connectivity index (χ1n) is 9.15. The summed E-state index contributed by atoms with van der Waals surface area (Å²) < 4.78 is 7.39. The third-order valence-corrected chi connectivity index (χ3v) is 5.43. The molecular formula is C20H20N6O2. The van der Waals surface area contributed by atoms with Crippen LogP contribution >= 0.6 is 0 Å². The van der Waals surface area contributed by atoms with E-state index in [2.05, 4.69) is 31.9 Å². The Balaban J connectivity index is 1.60. The van der Waals surface area contributed by atoms with Crippen molar-refractivity contribution in [3.8, 4) is 5.75 Å². The number of hydrogen-bond acceptors (Lipinski definition) is 6. The van der Waals surface area contributed by atoms with Gasteiger partial charge in [-0.25, -0.2) is 14.5 Å². The van der Waals surface area contributed by atoms with Crippen molar-refractivity contribution in [2.45, 2.75) is 19.3 Å². The van der Waals surface area contributed by atoms with Crippen LogP contribution in [0.1, 0.15) is 17.7 Å². The van der Waals surface area contributed by atoms with Crippen LogP contribution in [0, 0.1) is 5.92 Å². The number of anilines is 2. The molecule has 0 saturated heterocycles. The molecule has 0 unspecified atom stereocenters. The van der Waals surface area contributed by atoms with Crippen molar-refractivity contribution in [3.63, 3.8) is 0 Å². The number of nitrogens with zero attached hydrogens (tertiary/aromatic N) is 4. The molecule has 0 bridgehead atoms. The van der Waals surface area contributed by atoms with Gasteiger partial charge in [-0.05, 0) is 37.0 Å². The third kappa shape index (κ3) is 2.49. The van der Waals surface area contributed by atoms with Crippen molar-refractivity contribution in [2.75, 3.05) is 12.4 Å². The number of aliphatic hydroxyl groups excluding tert-OH is 1. The fraction of sp³-hybridized carbons (Fsp3) is 0.250. The summed E-state index contributed by atoms with van der Waals surface area (Å²) in [7, 11) is 1.64. The molecule has 0 radical (unpaired) electrons. The van der Waals surface area contributed by atoms with Gasteiger partial charge in [0.25, 0.3) is 0 Å². The Morgan fingerprint density at radius 2 is 2.29 bits per heavy atom. The lowest BCUT2D eigenvalue weighted by Gasteiger charge is -2.21. The fourth-order valence-electron chi connectivity index (χ4n) is 4.04. The van der Waals surface area contributed by atoms with Crippen LogP contribution in [0.15, 0.2) is 43.2 Å². The first-order valence-corrected chi connectivity index (χ1v) is 9.15. The smallest absolute Gasteiger partial charge is 0.168 e. The van der Waals surface area contributed by atoms with Crippen LogP contribution in [0.2, 0.25) is 0 Å². The number of aromatic nitrogens is 5. The van der Waals surface area contributed by atoms with Gasteiger partial charge in [0.05, 0.1) is 30.1 Å². The summed E-state index contributed by atoms with van der Waals surface area (Å²) in [4.78, 5) is 12.3. The monoisotopic (exact) mass is 376 g/mol. The summed E-state index contributed by atoms with van der Waals surface area (Å²) in [5.41, 5.74) is 4.75. The molecule has 0 spiro atoms. The van der Waals surface area contributed by atoms with Crippen LogP contribution in [0.4, 0.5) is 11.5 Å². The molecule has 28 heavy (non-hydrogen) atoms. The molecule has 4 aromatic rings. The predicted molar refractivity (Wildman–Crippen MR) is 106 cm³/mol. The van der Waals surface area contributed by atoms with E-state index < -0.39 is 0 Å². The van der Waals surface area contributed by atoms with Crippen molar-refractivity contribution in [1.29, 1.82) is 0 Å². The molecule has 142 valence electrons. The maximum Gasteiger partial charge on any atom is 0.168 e. The topological polar surface area (TPSA) is 100 Å². The van der Waals surface area contributed by atoms with Crippen molar-refractivity contribution in [2.24, 2.45) is 5.92 Å². The zero-order chi connectivity index (χ0) is 19.3. The van der Waals surface area contributed by atoms with Crippen molar-refractivity contribution in [3.05, 3.63) is 54.4 Å². The number of fused-ring (bicyclic) bond motifs is 4. The van der Waals surface area contributed by atoms with E-state index in [1.54, 1.807) is 24.1 Å². The quantitative estimate of drug-likeness (QED) is 0.471. The lowest BCUT2D eigenvalue weighted by molar-refractivity contribution is 0.312. The number of pyridine rings is 1. The van der Waals surface area contributed by atoms with Gasteiger partial charge >= 0.3 is 0 Å². The summed E-state index contributed by atoms with van der Waals surface area (Å²) in [5, 5.41) is 18.4. The summed E-state index contributed by atoms with van der Waals surface area (Å²) >= 11 is 0. The maximum absolute atomic E-state index is 9.78. The van der Waals surface area contributed by atoms with E-state index in [-0.39, 0.29) is 11.7 Å². The number of methoxy groups -OCH3 is 1. The van der Waals surface area contributed by atoms with Crippen LogP contribution in [0.25, 0.3) is 16.6 Å². The second-order valence-electron chi connectivity index (χ2n) is 7.01. The molecule has 4 heterocycles. The van der Waals surface area contributed by atoms with Gasteiger partial charge in [-0.2, -0.15) is 5.10 Å². The molecular weight excluding hydrogens is 356 g/mol. The highest BCUT2D eigenvalue weighted by molar-refractivity contribution is 5.94. The molecule has 8 nitrogen and oxygen atoms in total. The van der Waals surface area contributed by atoms with E-state index in [4.69, 9.17) is 4.74 Å². The van der Waals surface area contributed by atoms with E-state index in [1.165, 1.54) is 5.56 Å². The fourth-order valence-corrected chi connectivity index (χ4v) is 4.04. The summed E-state index contributed by atoms with van der Waals surface area (Å²) in [6.07, 6.45) is 7.57. The predicted octanol–water partition coefficient (Wildman–Crippen LogP) is 3.53. The van der Waals surface area contributed by atoms with E-state index >= 15 is 0 Å². The van der Waals surface area contributed by atoms with Crippen LogP contribution < -0.4 is 10.1 Å². The first kappa shape index (κ1) is 16.6. The van der Waals surface area contributed by atoms with E-state index in [9.17, 15) is 5.11 Å². The highest BCUT2D eigenvalue weighted by Gasteiger charge is 2.26. The van der Waals surface area contributed by atoms with Crippen molar-refractivity contribution >= 4 is 28.1 Å². The third-order valence-electron chi connectivity index (χ3n) is 5.43. The minimum Gasteiger partial charge on any atom is -0.513 e. The van der Waals surface area contributed by atoms with Crippen molar-refractivity contribution < 1.29 is 9.84 Å². The number of aliphatic hydroxyl groups is 1. The number of aryl methyl sites for hydroxylation is 1. The maximum atomic E-state index is 9.78. The number of aromatic amines is 1. The Morgan fingerprint density at radius 1 is 1.39 bits per heavy atom. The summed E-state index contributed by atoms with van der Waals surface area (Å²) in [6.45, 7) is 3.70. The summed E-state index contributed by atoms with van der Waals surface area (Å²) in [5.74, 6) is 1.75. The Hall–Kier alpha value is -3.55. The van der Waals surface area contributed by atoms with Gasteiger partial charge in [-0.15, -0.1) is 0 Å². The highest BCUT2D eigenvalue weighted by atomic mass is 16.5. The summed E-state index contributed by atoms with van der Waals surface area (Å²) in [6, 6.07) is 3.82. The minimum atomic E-state index is 0.0781. The largest absolute Gasteiger partial charge is 0.513 e. The molecule has 4 aromatic heterocycles. The first-order chi connectivity index (χ1) is 13.7. The molecule has 1 aliphatic carbocycles. The molecule has 3 N–H and O–H groups in total.